The highest BCUT2D eigenvalue weighted by molar-refractivity contribution is 8.13. The molecule has 5 nitrogen and oxygen atoms in total. The number of hydrogen-bond acceptors (Lipinski definition) is 3. The van der Waals surface area contributed by atoms with Gasteiger partial charge in [-0.2, -0.15) is 0 Å². The Morgan fingerprint density at radius 1 is 1.38 bits per heavy atom. The molecule has 0 bridgehead atoms. The van der Waals surface area contributed by atoms with Crippen molar-refractivity contribution in [2.24, 2.45) is 5.92 Å². The molecule has 1 amide bonds. The van der Waals surface area contributed by atoms with E-state index in [9.17, 15) is 13.2 Å². The van der Waals surface area contributed by atoms with E-state index in [1.54, 1.807) is 4.57 Å². The molecule has 3 rings (SSSR count). The van der Waals surface area contributed by atoms with Gasteiger partial charge in [0.25, 0.3) is 15.0 Å². The molecule has 0 spiro atoms. The van der Waals surface area contributed by atoms with Crippen LogP contribution in [0.5, 0.6) is 0 Å². The van der Waals surface area contributed by atoms with Crippen LogP contribution in [-0.4, -0.2) is 24.9 Å². The van der Waals surface area contributed by atoms with Gasteiger partial charge in [0.15, 0.2) is 0 Å². The molecular weight excluding hydrogens is 312 g/mol. The van der Waals surface area contributed by atoms with Gasteiger partial charge in [0.05, 0.1) is 0 Å². The molecule has 21 heavy (non-hydrogen) atoms. The van der Waals surface area contributed by atoms with E-state index in [0.29, 0.717) is 11.6 Å². The normalized spacial score (nSPS) is 20.9. The lowest BCUT2D eigenvalue weighted by Gasteiger charge is -2.31. The molecule has 1 N–H and O–H groups in total. The smallest absolute Gasteiger partial charge is 0.268 e. The van der Waals surface area contributed by atoms with Crippen LogP contribution in [0.4, 0.5) is 0 Å². The average Bonchev–Trinajstić information content (AvgIpc) is 3.03. The summed E-state index contributed by atoms with van der Waals surface area (Å²) in [4.78, 5) is 12.4. The third-order valence-electron chi connectivity index (χ3n) is 4.49. The Morgan fingerprint density at radius 3 is 2.52 bits per heavy atom. The van der Waals surface area contributed by atoms with Crippen LogP contribution in [0.15, 0.2) is 17.2 Å². The molecule has 2 aliphatic carbocycles. The van der Waals surface area contributed by atoms with Crippen LogP contribution in [0.2, 0.25) is 0 Å². The molecule has 1 atom stereocenters. The van der Waals surface area contributed by atoms with Crippen LogP contribution in [0, 0.1) is 5.92 Å². The molecule has 1 heterocycles. The predicted molar refractivity (Wildman–Crippen MR) is 80.0 cm³/mol. The highest BCUT2D eigenvalue weighted by atomic mass is 35.7. The highest BCUT2D eigenvalue weighted by Crippen LogP contribution is 2.38. The van der Waals surface area contributed by atoms with Gasteiger partial charge in [0.2, 0.25) is 0 Å². The first-order valence-corrected chi connectivity index (χ1v) is 9.64. The van der Waals surface area contributed by atoms with Crippen LogP contribution in [0.1, 0.15) is 55.6 Å². The quantitative estimate of drug-likeness (QED) is 0.844. The van der Waals surface area contributed by atoms with E-state index >= 15 is 0 Å². The average molecular weight is 331 g/mol. The Labute approximate surface area is 129 Å². The molecule has 0 aromatic carbocycles. The maximum Gasteiger partial charge on any atom is 0.268 e. The minimum Gasteiger partial charge on any atom is -0.348 e. The number of carbonyl (C=O) groups is 1. The molecule has 1 unspecified atom stereocenters. The Balaban J connectivity index is 1.82. The van der Waals surface area contributed by atoms with Crippen molar-refractivity contribution in [2.45, 2.75) is 56.0 Å². The molecule has 116 valence electrons. The lowest BCUT2D eigenvalue weighted by Crippen LogP contribution is -2.41. The molecule has 7 heteroatoms. The van der Waals surface area contributed by atoms with Crippen molar-refractivity contribution in [3.8, 4) is 0 Å². The fraction of sp³-hybridized carbons (Fsp3) is 0.643. The summed E-state index contributed by atoms with van der Waals surface area (Å²) in [5, 5.41) is 2.99. The second-order valence-electron chi connectivity index (χ2n) is 6.09. The molecule has 0 aliphatic heterocycles. The molecule has 1 aromatic rings. The number of halogens is 1. The van der Waals surface area contributed by atoms with Crippen molar-refractivity contribution in [1.29, 1.82) is 0 Å². The van der Waals surface area contributed by atoms with Crippen LogP contribution in [-0.2, 0) is 9.05 Å². The zero-order chi connectivity index (χ0) is 15.2. The summed E-state index contributed by atoms with van der Waals surface area (Å²) in [7, 11) is 1.58. The van der Waals surface area contributed by atoms with Gasteiger partial charge in [-0.25, -0.2) is 8.42 Å². The number of amides is 1. The summed E-state index contributed by atoms with van der Waals surface area (Å²) >= 11 is 0. The number of hydrogen-bond donors (Lipinski definition) is 1. The Hall–Kier alpha value is -1.01. The Morgan fingerprint density at radius 2 is 2.05 bits per heavy atom. The van der Waals surface area contributed by atoms with Crippen molar-refractivity contribution in [1.82, 2.24) is 9.88 Å². The molecule has 0 saturated heterocycles. The second kappa shape index (κ2) is 5.32. The molecule has 2 fully saturated rings. The lowest BCUT2D eigenvalue weighted by molar-refractivity contribution is 0.0899. The summed E-state index contributed by atoms with van der Waals surface area (Å²) in [6.07, 6.45) is 6.92. The van der Waals surface area contributed by atoms with E-state index in [1.165, 1.54) is 18.7 Å². The monoisotopic (exact) mass is 330 g/mol. The van der Waals surface area contributed by atoms with Crippen molar-refractivity contribution in [3.63, 3.8) is 0 Å². The van der Waals surface area contributed by atoms with E-state index in [4.69, 9.17) is 10.7 Å². The number of aromatic nitrogens is 1. The van der Waals surface area contributed by atoms with Gasteiger partial charge in [-0.3, -0.25) is 4.79 Å². The van der Waals surface area contributed by atoms with Crippen molar-refractivity contribution in [2.75, 3.05) is 0 Å². The molecular formula is C14H19ClN2O3S. The van der Waals surface area contributed by atoms with Gasteiger partial charge in [-0.05, 0) is 44.6 Å². The van der Waals surface area contributed by atoms with Gasteiger partial charge in [0.1, 0.15) is 10.6 Å². The first-order chi connectivity index (χ1) is 9.86. The van der Waals surface area contributed by atoms with Crippen LogP contribution in [0.25, 0.3) is 0 Å². The highest BCUT2D eigenvalue weighted by Gasteiger charge is 2.31. The molecule has 0 radical (unpaired) electrons. The SMILES string of the molecule is CC(NC(=O)c1cc(S(=O)(=O)Cl)cn1C1CC1)C1CCC1. The number of carbonyl (C=O) groups excluding carboxylic acids is 1. The topological polar surface area (TPSA) is 68.2 Å². The van der Waals surface area contributed by atoms with Crippen LogP contribution in [0.3, 0.4) is 0 Å². The number of nitrogens with zero attached hydrogens (tertiary/aromatic N) is 1. The zero-order valence-corrected chi connectivity index (χ0v) is 13.5. The van der Waals surface area contributed by atoms with Crippen molar-refractivity contribution in [3.05, 3.63) is 18.0 Å². The van der Waals surface area contributed by atoms with E-state index in [2.05, 4.69) is 5.32 Å². The van der Waals surface area contributed by atoms with Gasteiger partial charge in [0, 0.05) is 29.0 Å². The third kappa shape index (κ3) is 3.11. The minimum absolute atomic E-state index is 0.00230. The summed E-state index contributed by atoms with van der Waals surface area (Å²) in [5.74, 6) is 0.322. The van der Waals surface area contributed by atoms with Gasteiger partial charge >= 0.3 is 0 Å². The molecule has 2 saturated carbocycles. The van der Waals surface area contributed by atoms with Crippen LogP contribution < -0.4 is 5.32 Å². The maximum atomic E-state index is 12.4. The maximum absolute atomic E-state index is 12.4. The summed E-state index contributed by atoms with van der Waals surface area (Å²) < 4.78 is 24.7. The second-order valence-corrected chi connectivity index (χ2v) is 8.66. The predicted octanol–water partition coefficient (Wildman–Crippen LogP) is 2.67. The standard InChI is InChI=1S/C14H19ClN2O3S/c1-9(10-3-2-4-10)16-14(18)13-7-12(21(15,19)20)8-17(13)11-5-6-11/h7-11H,2-6H2,1H3,(H,16,18). The molecule has 1 aromatic heterocycles. The zero-order valence-electron chi connectivity index (χ0n) is 11.9. The summed E-state index contributed by atoms with van der Waals surface area (Å²) in [6.45, 7) is 2.01. The van der Waals surface area contributed by atoms with Gasteiger partial charge < -0.3 is 9.88 Å². The Bertz CT molecular complexity index is 660. The van der Waals surface area contributed by atoms with E-state index in [1.807, 2.05) is 6.92 Å². The lowest BCUT2D eigenvalue weighted by atomic mass is 9.80. The Kier molecular flexibility index (Phi) is 3.78. The van der Waals surface area contributed by atoms with E-state index in [0.717, 1.165) is 25.7 Å². The molecule has 2 aliphatic rings. The van der Waals surface area contributed by atoms with Gasteiger partial charge in [-0.1, -0.05) is 6.42 Å². The fourth-order valence-electron chi connectivity index (χ4n) is 2.76. The van der Waals surface area contributed by atoms with Crippen LogP contribution >= 0.6 is 10.7 Å². The first-order valence-electron chi connectivity index (χ1n) is 7.33. The summed E-state index contributed by atoms with van der Waals surface area (Å²) in [6, 6.07) is 1.71. The number of nitrogens with one attached hydrogen (secondary N) is 1. The largest absolute Gasteiger partial charge is 0.348 e. The van der Waals surface area contributed by atoms with Crippen molar-refractivity contribution < 1.29 is 13.2 Å². The number of rotatable bonds is 5. The third-order valence-corrected chi connectivity index (χ3v) is 5.81. The minimum atomic E-state index is -3.81. The van der Waals surface area contributed by atoms with Gasteiger partial charge in [-0.15, -0.1) is 0 Å². The van der Waals surface area contributed by atoms with E-state index < -0.39 is 9.05 Å². The van der Waals surface area contributed by atoms with E-state index in [-0.39, 0.29) is 22.9 Å². The first kappa shape index (κ1) is 14.9. The summed E-state index contributed by atoms with van der Waals surface area (Å²) in [5.41, 5.74) is 0.392. The van der Waals surface area contributed by atoms with Crippen molar-refractivity contribution >= 4 is 25.6 Å². The fourth-order valence-corrected chi connectivity index (χ4v) is 3.51.